The SMILES string of the molecule is COc1ccc(Br)c(-c2cc(C(=O)O)no2)c1. The predicted octanol–water partition coefficient (Wildman–Crippen LogP) is 2.81. The fraction of sp³-hybridized carbons (Fsp3) is 0.0909. The smallest absolute Gasteiger partial charge is 0.358 e. The van der Waals surface area contributed by atoms with Crippen LogP contribution in [-0.4, -0.2) is 23.3 Å². The van der Waals surface area contributed by atoms with E-state index < -0.39 is 5.97 Å². The van der Waals surface area contributed by atoms with E-state index in [1.165, 1.54) is 6.07 Å². The molecule has 0 amide bonds. The maximum atomic E-state index is 10.7. The number of methoxy groups -OCH3 is 1. The number of aromatic nitrogens is 1. The van der Waals surface area contributed by atoms with Crippen LogP contribution < -0.4 is 4.74 Å². The minimum atomic E-state index is -1.13. The Bertz CT molecular complexity index is 564. The standard InChI is InChI=1S/C11H8BrNO4/c1-16-6-2-3-8(12)7(4-6)10-5-9(11(14)15)13-17-10/h2-5H,1H3,(H,14,15). The predicted molar refractivity (Wildman–Crippen MR) is 63.2 cm³/mol. The molecule has 0 saturated carbocycles. The Labute approximate surface area is 105 Å². The van der Waals surface area contributed by atoms with Crippen molar-refractivity contribution in [2.45, 2.75) is 0 Å². The summed E-state index contributed by atoms with van der Waals surface area (Å²) in [6, 6.07) is 6.66. The molecule has 0 aliphatic carbocycles. The van der Waals surface area contributed by atoms with Gasteiger partial charge in [-0.3, -0.25) is 0 Å². The van der Waals surface area contributed by atoms with Gasteiger partial charge in [-0.25, -0.2) is 4.79 Å². The molecule has 0 spiro atoms. The number of hydrogen-bond acceptors (Lipinski definition) is 4. The monoisotopic (exact) mass is 297 g/mol. The first kappa shape index (κ1) is 11.7. The Balaban J connectivity index is 2.47. The van der Waals surface area contributed by atoms with E-state index in [4.69, 9.17) is 14.4 Å². The number of aromatic carboxylic acids is 1. The number of rotatable bonds is 3. The fourth-order valence-corrected chi connectivity index (χ4v) is 1.77. The van der Waals surface area contributed by atoms with E-state index in [9.17, 15) is 4.79 Å². The molecule has 88 valence electrons. The summed E-state index contributed by atoms with van der Waals surface area (Å²) in [5.74, 6) is -0.108. The second-order valence-electron chi connectivity index (χ2n) is 3.23. The highest BCUT2D eigenvalue weighted by Gasteiger charge is 2.14. The van der Waals surface area contributed by atoms with Gasteiger partial charge in [0.15, 0.2) is 11.5 Å². The number of hydrogen-bond donors (Lipinski definition) is 1. The number of benzene rings is 1. The molecule has 0 atom stereocenters. The lowest BCUT2D eigenvalue weighted by Gasteiger charge is -2.03. The zero-order chi connectivity index (χ0) is 12.4. The highest BCUT2D eigenvalue weighted by atomic mass is 79.9. The van der Waals surface area contributed by atoms with E-state index in [1.807, 2.05) is 0 Å². The van der Waals surface area contributed by atoms with Crippen LogP contribution in [0.2, 0.25) is 0 Å². The van der Waals surface area contributed by atoms with Gasteiger partial charge in [-0.05, 0) is 18.2 Å². The van der Waals surface area contributed by atoms with Gasteiger partial charge >= 0.3 is 5.97 Å². The third kappa shape index (κ3) is 2.31. The average molecular weight is 298 g/mol. The Morgan fingerprint density at radius 2 is 2.24 bits per heavy atom. The minimum Gasteiger partial charge on any atom is -0.497 e. The molecule has 2 rings (SSSR count). The molecule has 6 heteroatoms. The summed E-state index contributed by atoms with van der Waals surface area (Å²) in [4.78, 5) is 10.7. The molecule has 0 bridgehead atoms. The average Bonchev–Trinajstić information content (AvgIpc) is 2.79. The van der Waals surface area contributed by atoms with E-state index in [1.54, 1.807) is 25.3 Å². The summed E-state index contributed by atoms with van der Waals surface area (Å²) >= 11 is 3.35. The van der Waals surface area contributed by atoms with Crippen LogP contribution in [0.4, 0.5) is 0 Å². The topological polar surface area (TPSA) is 72.6 Å². The summed E-state index contributed by atoms with van der Waals surface area (Å²) < 4.78 is 10.8. The van der Waals surface area contributed by atoms with Crippen molar-refractivity contribution < 1.29 is 19.2 Å². The molecule has 5 nitrogen and oxygen atoms in total. The number of carbonyl (C=O) groups is 1. The van der Waals surface area contributed by atoms with Crippen molar-refractivity contribution in [2.24, 2.45) is 0 Å². The van der Waals surface area contributed by atoms with E-state index in [0.717, 1.165) is 4.47 Å². The van der Waals surface area contributed by atoms with Crippen molar-refractivity contribution >= 4 is 21.9 Å². The second kappa shape index (κ2) is 4.58. The molecule has 1 N–H and O–H groups in total. The molecule has 0 radical (unpaired) electrons. The van der Waals surface area contributed by atoms with Gasteiger partial charge in [0.05, 0.1) is 7.11 Å². The Hall–Kier alpha value is -1.82. The van der Waals surface area contributed by atoms with Gasteiger partial charge in [0, 0.05) is 16.1 Å². The molecule has 0 aliphatic rings. The molecular weight excluding hydrogens is 290 g/mol. The Morgan fingerprint density at radius 3 is 2.82 bits per heavy atom. The van der Waals surface area contributed by atoms with Gasteiger partial charge in [-0.2, -0.15) is 0 Å². The summed E-state index contributed by atoms with van der Waals surface area (Å²) in [5.41, 5.74) is 0.555. The van der Waals surface area contributed by atoms with Crippen LogP contribution in [0.15, 0.2) is 33.3 Å². The summed E-state index contributed by atoms with van der Waals surface area (Å²) in [5, 5.41) is 12.2. The first-order valence-electron chi connectivity index (χ1n) is 4.65. The van der Waals surface area contributed by atoms with Crippen LogP contribution in [0, 0.1) is 0 Å². The van der Waals surface area contributed by atoms with Gasteiger partial charge in [0.25, 0.3) is 0 Å². The molecule has 0 unspecified atom stereocenters. The van der Waals surface area contributed by atoms with Crippen molar-refractivity contribution in [1.82, 2.24) is 5.16 Å². The molecule has 17 heavy (non-hydrogen) atoms. The molecule has 0 fully saturated rings. The molecule has 1 aromatic heterocycles. The van der Waals surface area contributed by atoms with Crippen molar-refractivity contribution in [3.8, 4) is 17.1 Å². The van der Waals surface area contributed by atoms with Crippen molar-refractivity contribution in [3.05, 3.63) is 34.4 Å². The fourth-order valence-electron chi connectivity index (χ4n) is 1.32. The number of halogens is 1. The minimum absolute atomic E-state index is 0.130. The zero-order valence-corrected chi connectivity index (χ0v) is 10.4. The van der Waals surface area contributed by atoms with E-state index in [0.29, 0.717) is 17.1 Å². The maximum absolute atomic E-state index is 10.7. The Morgan fingerprint density at radius 1 is 1.47 bits per heavy atom. The first-order chi connectivity index (χ1) is 8.11. The second-order valence-corrected chi connectivity index (χ2v) is 4.08. The van der Waals surface area contributed by atoms with Gasteiger partial charge < -0.3 is 14.4 Å². The summed E-state index contributed by atoms with van der Waals surface area (Å²) in [7, 11) is 1.55. The van der Waals surface area contributed by atoms with Crippen molar-refractivity contribution in [2.75, 3.05) is 7.11 Å². The van der Waals surface area contributed by atoms with Crippen LogP contribution in [0.5, 0.6) is 5.75 Å². The van der Waals surface area contributed by atoms with Gasteiger partial charge in [0.1, 0.15) is 5.75 Å². The summed E-state index contributed by atoms with van der Waals surface area (Å²) in [6.45, 7) is 0. The molecule has 2 aromatic rings. The van der Waals surface area contributed by atoms with Gasteiger partial charge in [-0.15, -0.1) is 0 Å². The van der Waals surface area contributed by atoms with Gasteiger partial charge in [-0.1, -0.05) is 21.1 Å². The lowest BCUT2D eigenvalue weighted by Crippen LogP contribution is -1.94. The van der Waals surface area contributed by atoms with Crippen molar-refractivity contribution in [3.63, 3.8) is 0 Å². The third-order valence-electron chi connectivity index (χ3n) is 2.17. The van der Waals surface area contributed by atoms with Crippen LogP contribution in [-0.2, 0) is 0 Å². The zero-order valence-electron chi connectivity index (χ0n) is 8.81. The number of ether oxygens (including phenoxy) is 1. The number of carboxylic acids is 1. The number of nitrogens with zero attached hydrogens (tertiary/aromatic N) is 1. The van der Waals surface area contributed by atoms with Crippen LogP contribution >= 0.6 is 15.9 Å². The normalized spacial score (nSPS) is 10.2. The third-order valence-corrected chi connectivity index (χ3v) is 2.86. The van der Waals surface area contributed by atoms with Gasteiger partial charge in [0.2, 0.25) is 0 Å². The van der Waals surface area contributed by atoms with Crippen molar-refractivity contribution in [1.29, 1.82) is 0 Å². The van der Waals surface area contributed by atoms with Crippen LogP contribution in [0.1, 0.15) is 10.5 Å². The lowest BCUT2D eigenvalue weighted by molar-refractivity contribution is 0.0686. The highest BCUT2D eigenvalue weighted by Crippen LogP contribution is 2.32. The molecule has 1 heterocycles. The summed E-state index contributed by atoms with van der Waals surface area (Å²) in [6.07, 6.45) is 0. The van der Waals surface area contributed by atoms with Crippen LogP contribution in [0.3, 0.4) is 0 Å². The molecule has 0 saturated heterocycles. The van der Waals surface area contributed by atoms with E-state index in [-0.39, 0.29) is 5.69 Å². The maximum Gasteiger partial charge on any atom is 0.358 e. The lowest BCUT2D eigenvalue weighted by atomic mass is 10.1. The first-order valence-corrected chi connectivity index (χ1v) is 5.45. The molecule has 0 aliphatic heterocycles. The Kier molecular flexibility index (Phi) is 3.14. The van der Waals surface area contributed by atoms with Crippen LogP contribution in [0.25, 0.3) is 11.3 Å². The number of carboxylic acid groups (broad SMARTS) is 1. The van der Waals surface area contributed by atoms with E-state index >= 15 is 0 Å². The van der Waals surface area contributed by atoms with E-state index in [2.05, 4.69) is 21.1 Å². The quantitative estimate of drug-likeness (QED) is 0.943. The largest absolute Gasteiger partial charge is 0.497 e. The molecular formula is C11H8BrNO4. The molecule has 1 aromatic carbocycles. The highest BCUT2D eigenvalue weighted by molar-refractivity contribution is 9.10.